The van der Waals surface area contributed by atoms with Gasteiger partial charge in [-0.15, -0.1) is 0 Å². The van der Waals surface area contributed by atoms with Crippen molar-refractivity contribution >= 4 is 29.0 Å². The van der Waals surface area contributed by atoms with E-state index in [-0.39, 0.29) is 28.8 Å². The molecule has 3 aromatic rings. The maximum Gasteiger partial charge on any atom is 0.416 e. The predicted octanol–water partition coefficient (Wildman–Crippen LogP) is 3.28. The maximum absolute atomic E-state index is 12.9. The minimum atomic E-state index is -4.57. The van der Waals surface area contributed by atoms with Crippen molar-refractivity contribution in [2.45, 2.75) is 13.1 Å². The molecular weight excluding hydrogens is 427 g/mol. The van der Waals surface area contributed by atoms with E-state index in [9.17, 15) is 22.8 Å². The van der Waals surface area contributed by atoms with E-state index in [2.05, 4.69) is 15.6 Å². The van der Waals surface area contributed by atoms with Crippen LogP contribution in [0.2, 0.25) is 5.02 Å². The second-order valence-electron chi connectivity index (χ2n) is 6.34. The molecule has 0 aliphatic heterocycles. The number of hydrogen-bond donors (Lipinski definition) is 1. The van der Waals surface area contributed by atoms with Crippen molar-refractivity contribution in [2.75, 3.05) is 23.8 Å². The van der Waals surface area contributed by atoms with Gasteiger partial charge in [-0.3, -0.25) is 9.59 Å². The smallest absolute Gasteiger partial charge is 0.363 e. The van der Waals surface area contributed by atoms with E-state index < -0.39 is 23.2 Å². The number of likely N-dealkylation sites (N-methyl/N-ethyl adjacent to an activating group) is 1. The lowest BCUT2D eigenvalue weighted by Crippen LogP contribution is -2.32. The Morgan fingerprint density at radius 2 is 2.07 bits per heavy atom. The lowest BCUT2D eigenvalue weighted by molar-refractivity contribution is -0.137. The molecule has 2 heterocycles. The summed E-state index contributed by atoms with van der Waals surface area (Å²) in [4.78, 5) is 26.1. The Hall–Kier alpha value is -3.34. The summed E-state index contributed by atoms with van der Waals surface area (Å²) in [5.74, 6) is 0.295. The first-order valence-electron chi connectivity index (χ1n) is 8.46. The first kappa shape index (κ1) is 21.4. The third kappa shape index (κ3) is 4.62. The second-order valence-corrected chi connectivity index (χ2v) is 6.71. The molecule has 2 aromatic heterocycles. The summed E-state index contributed by atoms with van der Waals surface area (Å²) >= 11 is 6.12. The van der Waals surface area contributed by atoms with Crippen molar-refractivity contribution in [2.24, 2.45) is 0 Å². The quantitative estimate of drug-likeness (QED) is 0.653. The van der Waals surface area contributed by atoms with Crippen molar-refractivity contribution in [3.63, 3.8) is 0 Å². The molecule has 12 heteroatoms. The van der Waals surface area contributed by atoms with Gasteiger partial charge in [-0.1, -0.05) is 22.8 Å². The van der Waals surface area contributed by atoms with Gasteiger partial charge in [0, 0.05) is 13.1 Å². The van der Waals surface area contributed by atoms with E-state index in [0.717, 1.165) is 22.9 Å². The number of benzene rings is 1. The lowest BCUT2D eigenvalue weighted by Gasteiger charge is -2.19. The molecule has 0 fully saturated rings. The van der Waals surface area contributed by atoms with E-state index in [0.29, 0.717) is 5.76 Å². The van der Waals surface area contributed by atoms with E-state index in [1.165, 1.54) is 30.3 Å². The highest BCUT2D eigenvalue weighted by molar-refractivity contribution is 6.33. The van der Waals surface area contributed by atoms with Crippen LogP contribution in [-0.4, -0.2) is 34.4 Å². The molecule has 3 rings (SSSR count). The summed E-state index contributed by atoms with van der Waals surface area (Å²) in [6.45, 7) is 1.47. The second kappa shape index (κ2) is 8.19. The molecule has 0 unspecified atom stereocenters. The number of hydrogen-bond acceptors (Lipinski definition) is 6. The number of halogens is 4. The zero-order valence-electron chi connectivity index (χ0n) is 15.7. The van der Waals surface area contributed by atoms with Crippen molar-refractivity contribution < 1.29 is 22.5 Å². The van der Waals surface area contributed by atoms with Crippen LogP contribution in [0.25, 0.3) is 5.69 Å². The van der Waals surface area contributed by atoms with E-state index in [1.807, 2.05) is 0 Å². The van der Waals surface area contributed by atoms with Gasteiger partial charge in [0.25, 0.3) is 5.56 Å². The number of nitrogens with zero attached hydrogens (tertiary/aromatic N) is 4. The number of nitrogens with one attached hydrogen (secondary N) is 1. The van der Waals surface area contributed by atoms with Crippen LogP contribution in [-0.2, 0) is 11.0 Å². The summed E-state index contributed by atoms with van der Waals surface area (Å²) in [6, 6.07) is 5.67. The van der Waals surface area contributed by atoms with Crippen molar-refractivity contribution in [1.29, 1.82) is 0 Å². The zero-order chi connectivity index (χ0) is 22.1. The van der Waals surface area contributed by atoms with E-state index in [1.54, 1.807) is 6.92 Å². The minimum absolute atomic E-state index is 0.0925. The van der Waals surface area contributed by atoms with Crippen LogP contribution in [0, 0.1) is 6.92 Å². The van der Waals surface area contributed by atoms with E-state index in [4.69, 9.17) is 16.1 Å². The molecule has 0 saturated heterocycles. The van der Waals surface area contributed by atoms with Crippen LogP contribution in [0.3, 0.4) is 0 Å². The third-order valence-electron chi connectivity index (χ3n) is 4.01. The molecule has 0 spiro atoms. The largest absolute Gasteiger partial charge is 0.416 e. The maximum atomic E-state index is 12.9. The molecule has 0 aliphatic carbocycles. The summed E-state index contributed by atoms with van der Waals surface area (Å²) in [5, 5.41) is 9.76. The van der Waals surface area contributed by atoms with Crippen LogP contribution < -0.4 is 15.8 Å². The highest BCUT2D eigenvalue weighted by Gasteiger charge is 2.30. The number of aromatic nitrogens is 3. The molecule has 8 nitrogen and oxygen atoms in total. The Kier molecular flexibility index (Phi) is 5.83. The van der Waals surface area contributed by atoms with Gasteiger partial charge in [-0.2, -0.15) is 23.0 Å². The number of carbonyl (C=O) groups is 1. The molecule has 0 saturated carbocycles. The molecule has 158 valence electrons. The first-order chi connectivity index (χ1) is 14.1. The molecule has 0 aliphatic rings. The van der Waals surface area contributed by atoms with Gasteiger partial charge in [0.1, 0.15) is 10.8 Å². The van der Waals surface area contributed by atoms with Gasteiger partial charge in [0.2, 0.25) is 5.91 Å². The van der Waals surface area contributed by atoms with Crippen molar-refractivity contribution in [1.82, 2.24) is 14.9 Å². The van der Waals surface area contributed by atoms with Crippen LogP contribution in [0.4, 0.5) is 24.7 Å². The molecule has 1 aromatic carbocycles. The first-order valence-corrected chi connectivity index (χ1v) is 8.84. The number of alkyl halides is 3. The number of rotatable bonds is 5. The highest BCUT2D eigenvalue weighted by Crippen LogP contribution is 2.30. The Bertz CT molecular complexity index is 1140. The molecule has 0 radical (unpaired) electrons. The van der Waals surface area contributed by atoms with Crippen molar-refractivity contribution in [3.05, 3.63) is 63.2 Å². The monoisotopic (exact) mass is 441 g/mol. The Labute approximate surface area is 172 Å². The Morgan fingerprint density at radius 3 is 2.70 bits per heavy atom. The van der Waals surface area contributed by atoms with Crippen LogP contribution in [0.5, 0.6) is 0 Å². The summed E-state index contributed by atoms with van der Waals surface area (Å²) < 4.78 is 44.4. The summed E-state index contributed by atoms with van der Waals surface area (Å²) in [5.41, 5.74) is -1.71. The molecule has 0 atom stereocenters. The zero-order valence-corrected chi connectivity index (χ0v) is 16.5. The van der Waals surface area contributed by atoms with Crippen molar-refractivity contribution in [3.8, 4) is 5.69 Å². The fourth-order valence-electron chi connectivity index (χ4n) is 2.60. The average molecular weight is 442 g/mol. The summed E-state index contributed by atoms with van der Waals surface area (Å²) in [6.07, 6.45) is -3.38. The number of amides is 1. The van der Waals surface area contributed by atoms with Crippen LogP contribution in [0.1, 0.15) is 11.3 Å². The number of anilines is 2. The van der Waals surface area contributed by atoms with Gasteiger partial charge in [0.05, 0.1) is 29.7 Å². The van der Waals surface area contributed by atoms with Gasteiger partial charge in [-0.05, 0) is 25.1 Å². The molecule has 1 N–H and O–H groups in total. The molecule has 1 amide bonds. The molecule has 0 bridgehead atoms. The molecule has 30 heavy (non-hydrogen) atoms. The SMILES string of the molecule is Cc1cc(NC(=O)CN(C)c2cnn(-c3cccc(C(F)(F)F)c3)c(=O)c2Cl)no1. The van der Waals surface area contributed by atoms with Gasteiger partial charge in [0.15, 0.2) is 5.82 Å². The normalized spacial score (nSPS) is 11.4. The van der Waals surface area contributed by atoms with Crippen LogP contribution >= 0.6 is 11.6 Å². The summed E-state index contributed by atoms with van der Waals surface area (Å²) in [7, 11) is 1.50. The predicted molar refractivity (Wildman–Crippen MR) is 103 cm³/mol. The Morgan fingerprint density at radius 1 is 1.33 bits per heavy atom. The standard InChI is InChI=1S/C18H15ClF3N5O3/c1-10-6-14(25-30-10)24-15(28)9-26(2)13-8-23-27(17(29)16(13)19)12-5-3-4-11(7-12)18(20,21)22/h3-8H,9H2,1-2H3,(H,24,25,28). The number of aryl methyl sites for hydroxylation is 1. The fourth-order valence-corrected chi connectivity index (χ4v) is 2.87. The fraction of sp³-hybridized carbons (Fsp3) is 0.222. The average Bonchev–Trinajstić information content (AvgIpc) is 3.07. The minimum Gasteiger partial charge on any atom is -0.363 e. The van der Waals surface area contributed by atoms with Gasteiger partial charge >= 0.3 is 6.18 Å². The lowest BCUT2D eigenvalue weighted by atomic mass is 10.2. The third-order valence-corrected chi connectivity index (χ3v) is 4.36. The van der Waals surface area contributed by atoms with Gasteiger partial charge < -0.3 is 14.7 Å². The van der Waals surface area contributed by atoms with Gasteiger partial charge in [-0.25, -0.2) is 0 Å². The molecular formula is C18H15ClF3N5O3. The highest BCUT2D eigenvalue weighted by atomic mass is 35.5. The van der Waals surface area contributed by atoms with E-state index >= 15 is 0 Å². The van der Waals surface area contributed by atoms with Crippen LogP contribution in [0.15, 0.2) is 45.8 Å². The topological polar surface area (TPSA) is 93.3 Å². The number of carbonyl (C=O) groups excluding carboxylic acids is 1. The Balaban J connectivity index is 1.82.